The molecule has 0 bridgehead atoms. The van der Waals surface area contributed by atoms with Crippen LogP contribution in [0.15, 0.2) is 42.5 Å². The van der Waals surface area contributed by atoms with E-state index < -0.39 is 11.9 Å². The fourth-order valence-corrected chi connectivity index (χ4v) is 4.53. The first-order valence-corrected chi connectivity index (χ1v) is 12.3. The minimum Gasteiger partial charge on any atom is -0.466 e. The Bertz CT molecular complexity index is 826. The number of ether oxygens (including phenoxy) is 1. The van der Waals surface area contributed by atoms with Gasteiger partial charge in [-0.3, -0.25) is 14.4 Å². The van der Waals surface area contributed by atoms with Crippen LogP contribution in [-0.2, 0) is 19.1 Å². The average molecular weight is 456 g/mol. The minimum atomic E-state index is -0.497. The smallest absolute Gasteiger partial charge is 0.309 e. The number of hydrogen-bond donors (Lipinski definition) is 2. The Morgan fingerprint density at radius 2 is 2.00 bits per heavy atom. The summed E-state index contributed by atoms with van der Waals surface area (Å²) in [5, 5.41) is 3.37. The van der Waals surface area contributed by atoms with Crippen LogP contribution in [0.2, 0.25) is 0 Å². The number of esters is 1. The van der Waals surface area contributed by atoms with Crippen molar-refractivity contribution < 1.29 is 19.1 Å². The average Bonchev–Trinajstić information content (AvgIpc) is 3.41. The molecule has 1 saturated carbocycles. The number of rotatable bonds is 13. The van der Waals surface area contributed by atoms with Gasteiger partial charge in [-0.05, 0) is 63.5 Å². The van der Waals surface area contributed by atoms with E-state index >= 15 is 0 Å². The van der Waals surface area contributed by atoms with Gasteiger partial charge in [0.05, 0.1) is 12.5 Å². The molecule has 3 N–H and O–H groups in total. The van der Waals surface area contributed by atoms with Crippen LogP contribution in [0.25, 0.3) is 0 Å². The van der Waals surface area contributed by atoms with Gasteiger partial charge in [0.25, 0.3) is 0 Å². The van der Waals surface area contributed by atoms with Gasteiger partial charge in [-0.25, -0.2) is 0 Å². The first-order valence-electron chi connectivity index (χ1n) is 12.3. The number of primary amides is 1. The van der Waals surface area contributed by atoms with Gasteiger partial charge in [0.1, 0.15) is 12.1 Å². The summed E-state index contributed by atoms with van der Waals surface area (Å²) in [4.78, 5) is 38.4. The van der Waals surface area contributed by atoms with Crippen molar-refractivity contribution in [1.29, 1.82) is 0 Å². The zero-order valence-electron chi connectivity index (χ0n) is 19.6. The first kappa shape index (κ1) is 24.8. The monoisotopic (exact) mass is 455 g/mol. The van der Waals surface area contributed by atoms with Crippen LogP contribution in [0.4, 0.5) is 5.69 Å². The molecule has 3 rings (SSSR count). The van der Waals surface area contributed by atoms with Crippen molar-refractivity contribution in [2.24, 2.45) is 17.6 Å². The van der Waals surface area contributed by atoms with Crippen LogP contribution in [0.5, 0.6) is 0 Å². The molecule has 0 spiro atoms. The van der Waals surface area contributed by atoms with Crippen molar-refractivity contribution in [3.63, 3.8) is 0 Å². The van der Waals surface area contributed by atoms with Gasteiger partial charge in [-0.1, -0.05) is 43.2 Å². The molecular weight excluding hydrogens is 418 g/mol. The standard InChI is InChI=1S/C26H37N3O4/c1-2-33-26(32)21-18-19(21)12-7-4-3-5-10-15-22(28-20-13-8-6-9-14-20)25(31)29-17-11-16-23(29)24(27)30/h6-9,12-14,19,21-23,28H,2-5,10-11,15-18H2,1H3,(H2,27,30)/b12-7-/t19-,21?,22+,23+/m1/s1. The second kappa shape index (κ2) is 12.4. The molecule has 7 nitrogen and oxygen atoms in total. The highest BCUT2D eigenvalue weighted by molar-refractivity contribution is 5.91. The predicted octanol–water partition coefficient (Wildman–Crippen LogP) is 3.65. The highest BCUT2D eigenvalue weighted by Gasteiger charge is 2.42. The molecule has 2 fully saturated rings. The van der Waals surface area contributed by atoms with Crippen LogP contribution < -0.4 is 11.1 Å². The molecule has 2 amide bonds. The van der Waals surface area contributed by atoms with E-state index in [1.807, 2.05) is 37.3 Å². The lowest BCUT2D eigenvalue weighted by Crippen LogP contribution is -2.49. The molecule has 180 valence electrons. The van der Waals surface area contributed by atoms with Crippen LogP contribution in [-0.4, -0.2) is 47.9 Å². The number of para-hydroxylation sites is 1. The zero-order valence-corrected chi connectivity index (χ0v) is 19.6. The van der Waals surface area contributed by atoms with Crippen LogP contribution in [0, 0.1) is 11.8 Å². The van der Waals surface area contributed by atoms with Gasteiger partial charge >= 0.3 is 5.97 Å². The summed E-state index contributed by atoms with van der Waals surface area (Å²) in [6.07, 6.45) is 11.3. The Morgan fingerprint density at radius 3 is 2.73 bits per heavy atom. The number of allylic oxidation sites excluding steroid dienone is 2. The Morgan fingerprint density at radius 1 is 1.21 bits per heavy atom. The van der Waals surface area contributed by atoms with Crippen molar-refractivity contribution in [2.45, 2.75) is 70.4 Å². The maximum Gasteiger partial charge on any atom is 0.309 e. The first-order chi connectivity index (χ1) is 16.0. The molecule has 1 aromatic carbocycles. The van der Waals surface area contributed by atoms with Crippen molar-refractivity contribution in [3.05, 3.63) is 42.5 Å². The largest absolute Gasteiger partial charge is 0.466 e. The third kappa shape index (κ3) is 7.34. The third-order valence-electron chi connectivity index (χ3n) is 6.45. The summed E-state index contributed by atoms with van der Waals surface area (Å²) in [7, 11) is 0. The van der Waals surface area contributed by atoms with Gasteiger partial charge in [0.15, 0.2) is 0 Å². The van der Waals surface area contributed by atoms with E-state index in [1.54, 1.807) is 4.90 Å². The maximum atomic E-state index is 13.3. The van der Waals surface area contributed by atoms with Gasteiger partial charge in [-0.2, -0.15) is 0 Å². The van der Waals surface area contributed by atoms with E-state index in [-0.39, 0.29) is 23.8 Å². The molecule has 1 aliphatic heterocycles. The number of nitrogens with one attached hydrogen (secondary N) is 1. The molecule has 2 aliphatic rings. The molecule has 33 heavy (non-hydrogen) atoms. The number of carbonyl (C=O) groups is 3. The van der Waals surface area contributed by atoms with Crippen molar-refractivity contribution in [3.8, 4) is 0 Å². The summed E-state index contributed by atoms with van der Waals surface area (Å²) >= 11 is 0. The minimum absolute atomic E-state index is 0.0428. The third-order valence-corrected chi connectivity index (χ3v) is 6.45. The molecule has 0 radical (unpaired) electrons. The maximum absolute atomic E-state index is 13.3. The molecule has 1 aromatic rings. The molecule has 1 aliphatic carbocycles. The SMILES string of the molecule is CCOC(=O)C1C[C@H]1/C=C\CCCCC[C@H](Nc1ccccc1)C(=O)N1CCC[C@H]1C(N)=O. The number of anilines is 1. The Labute approximate surface area is 196 Å². The fourth-order valence-electron chi connectivity index (χ4n) is 4.53. The summed E-state index contributed by atoms with van der Waals surface area (Å²) in [6, 6.07) is 8.83. The normalized spacial score (nSPS) is 22.8. The Balaban J connectivity index is 1.44. The molecule has 0 aromatic heterocycles. The Kier molecular flexibility index (Phi) is 9.34. The summed E-state index contributed by atoms with van der Waals surface area (Å²) in [5.74, 6) is -0.164. The Hall–Kier alpha value is -2.83. The number of nitrogens with zero attached hydrogens (tertiary/aromatic N) is 1. The van der Waals surface area contributed by atoms with Gasteiger partial charge in [-0.15, -0.1) is 0 Å². The van der Waals surface area contributed by atoms with Crippen molar-refractivity contribution in [1.82, 2.24) is 4.90 Å². The summed E-state index contributed by atoms with van der Waals surface area (Å²) < 4.78 is 5.06. The molecular formula is C26H37N3O4. The van der Waals surface area contributed by atoms with E-state index in [0.717, 1.165) is 44.2 Å². The van der Waals surface area contributed by atoms with Crippen LogP contribution in [0.3, 0.4) is 0 Å². The van der Waals surface area contributed by atoms with E-state index in [1.165, 1.54) is 0 Å². The van der Waals surface area contributed by atoms with E-state index in [4.69, 9.17) is 10.5 Å². The second-order valence-corrected chi connectivity index (χ2v) is 8.98. The number of hydrogen-bond acceptors (Lipinski definition) is 5. The van der Waals surface area contributed by atoms with Crippen molar-refractivity contribution in [2.75, 3.05) is 18.5 Å². The molecule has 1 unspecified atom stereocenters. The van der Waals surface area contributed by atoms with Gasteiger partial charge < -0.3 is 20.7 Å². The van der Waals surface area contributed by atoms with Crippen LogP contribution in [0.1, 0.15) is 58.3 Å². The molecule has 1 saturated heterocycles. The number of benzene rings is 1. The van der Waals surface area contributed by atoms with Gasteiger partial charge in [0, 0.05) is 12.2 Å². The lowest BCUT2D eigenvalue weighted by atomic mass is 10.0. The molecule has 1 heterocycles. The topological polar surface area (TPSA) is 102 Å². The number of carbonyl (C=O) groups excluding carboxylic acids is 3. The van der Waals surface area contributed by atoms with E-state index in [2.05, 4.69) is 17.5 Å². The lowest BCUT2D eigenvalue weighted by Gasteiger charge is -2.28. The number of amides is 2. The number of unbranched alkanes of at least 4 members (excludes halogenated alkanes) is 3. The lowest BCUT2D eigenvalue weighted by molar-refractivity contribution is -0.144. The predicted molar refractivity (Wildman–Crippen MR) is 128 cm³/mol. The zero-order chi connectivity index (χ0) is 23.6. The molecule has 7 heteroatoms. The van der Waals surface area contributed by atoms with Crippen molar-refractivity contribution >= 4 is 23.5 Å². The second-order valence-electron chi connectivity index (χ2n) is 8.98. The van der Waals surface area contributed by atoms with Gasteiger partial charge in [0.2, 0.25) is 11.8 Å². The summed E-state index contributed by atoms with van der Waals surface area (Å²) in [5.41, 5.74) is 6.42. The highest BCUT2D eigenvalue weighted by atomic mass is 16.5. The highest BCUT2D eigenvalue weighted by Crippen LogP contribution is 2.40. The fraction of sp³-hybridized carbons (Fsp3) is 0.577. The quantitative estimate of drug-likeness (QED) is 0.269. The summed E-state index contributed by atoms with van der Waals surface area (Å²) in [6.45, 7) is 2.85. The van der Waals surface area contributed by atoms with E-state index in [0.29, 0.717) is 31.9 Å². The van der Waals surface area contributed by atoms with E-state index in [9.17, 15) is 14.4 Å². The van der Waals surface area contributed by atoms with Crippen LogP contribution >= 0.6 is 0 Å². The number of nitrogens with two attached hydrogens (primary N) is 1. The molecule has 4 atom stereocenters. The number of likely N-dealkylation sites (tertiary alicyclic amines) is 1.